The van der Waals surface area contributed by atoms with Crippen LogP contribution in [-0.4, -0.2) is 67.9 Å². The van der Waals surface area contributed by atoms with Crippen molar-refractivity contribution in [2.24, 2.45) is 0 Å². The Balaban J connectivity index is 1.20. The van der Waals surface area contributed by atoms with E-state index in [2.05, 4.69) is 15.6 Å². The van der Waals surface area contributed by atoms with Gasteiger partial charge in [0.1, 0.15) is 13.2 Å². The van der Waals surface area contributed by atoms with E-state index in [9.17, 15) is 9.59 Å². The largest absolute Gasteiger partial charge is 0.486 e. The first-order chi connectivity index (χ1) is 19.5. The van der Waals surface area contributed by atoms with E-state index in [0.717, 1.165) is 47.4 Å². The van der Waals surface area contributed by atoms with E-state index in [1.54, 1.807) is 32.2 Å². The minimum atomic E-state index is -0.418. The normalized spacial score (nSPS) is 15.3. The van der Waals surface area contributed by atoms with Crippen molar-refractivity contribution >= 4 is 34.7 Å². The molecule has 0 aliphatic carbocycles. The van der Waals surface area contributed by atoms with E-state index in [-0.39, 0.29) is 6.03 Å². The van der Waals surface area contributed by atoms with Crippen molar-refractivity contribution in [3.63, 3.8) is 0 Å². The number of amides is 2. The first-order valence-corrected chi connectivity index (χ1v) is 13.5. The van der Waals surface area contributed by atoms with Gasteiger partial charge in [-0.1, -0.05) is 12.1 Å². The van der Waals surface area contributed by atoms with Crippen LogP contribution in [0.25, 0.3) is 17.0 Å². The van der Waals surface area contributed by atoms with Crippen LogP contribution in [0.2, 0.25) is 0 Å². The van der Waals surface area contributed by atoms with Gasteiger partial charge in [-0.05, 0) is 61.2 Å². The SMILES string of the molecule is CCOC(=O)/C=C/c1ccc(NC(=O)N2CCC(NCc3ccc4c(c3)OCCO4)CC2)c2nc(OC)ccc12. The number of piperidine rings is 1. The molecule has 0 spiro atoms. The third kappa shape index (κ3) is 6.45. The van der Waals surface area contributed by atoms with Crippen LogP contribution in [0.4, 0.5) is 10.5 Å². The monoisotopic (exact) mass is 546 g/mol. The van der Waals surface area contributed by atoms with Gasteiger partial charge in [-0.2, -0.15) is 0 Å². The first-order valence-electron chi connectivity index (χ1n) is 13.5. The molecular weight excluding hydrogens is 512 g/mol. The standard InChI is InChI=1S/C30H34N4O6/c1-3-38-28(35)11-6-21-5-8-24(29-23(21)7-10-27(33-29)37-2)32-30(36)34-14-12-22(13-15-34)31-19-20-4-9-25-26(18-20)40-17-16-39-25/h4-11,18,22,31H,3,12-17,19H2,1-2H3,(H,32,36)/b11-6+. The van der Waals surface area contributed by atoms with Crippen LogP contribution < -0.4 is 24.8 Å². The van der Waals surface area contributed by atoms with Crippen molar-refractivity contribution in [2.45, 2.75) is 32.4 Å². The molecule has 10 nitrogen and oxygen atoms in total. The Morgan fingerprint density at radius 1 is 1.07 bits per heavy atom. The van der Waals surface area contributed by atoms with Gasteiger partial charge in [0, 0.05) is 43.2 Å². The molecule has 10 heteroatoms. The average molecular weight is 547 g/mol. The number of nitrogens with one attached hydrogen (secondary N) is 2. The number of pyridine rings is 1. The maximum absolute atomic E-state index is 13.2. The molecule has 0 unspecified atom stereocenters. The summed E-state index contributed by atoms with van der Waals surface area (Å²) in [6.45, 7) is 5.22. The van der Waals surface area contributed by atoms with Gasteiger partial charge in [-0.15, -0.1) is 0 Å². The molecule has 1 aromatic heterocycles. The summed E-state index contributed by atoms with van der Waals surface area (Å²) in [5.74, 6) is 1.59. The lowest BCUT2D eigenvalue weighted by Crippen LogP contribution is -2.46. The summed E-state index contributed by atoms with van der Waals surface area (Å²) in [4.78, 5) is 31.4. The molecule has 2 amide bonds. The number of rotatable bonds is 8. The van der Waals surface area contributed by atoms with Gasteiger partial charge >= 0.3 is 12.0 Å². The highest BCUT2D eigenvalue weighted by Crippen LogP contribution is 2.31. The number of ether oxygens (including phenoxy) is 4. The van der Waals surface area contributed by atoms with E-state index in [4.69, 9.17) is 18.9 Å². The molecular formula is C30H34N4O6. The molecule has 210 valence electrons. The number of nitrogens with zero attached hydrogens (tertiary/aromatic N) is 2. The molecule has 3 aromatic rings. The van der Waals surface area contributed by atoms with Crippen LogP contribution in [0.5, 0.6) is 17.4 Å². The first kappa shape index (κ1) is 27.3. The number of esters is 1. The summed E-state index contributed by atoms with van der Waals surface area (Å²) >= 11 is 0. The van der Waals surface area contributed by atoms with Gasteiger partial charge < -0.3 is 34.5 Å². The zero-order chi connectivity index (χ0) is 27.9. The topological polar surface area (TPSA) is 111 Å². The summed E-state index contributed by atoms with van der Waals surface area (Å²) in [5, 5.41) is 7.41. The van der Waals surface area contributed by atoms with Crippen molar-refractivity contribution in [3.8, 4) is 17.4 Å². The molecule has 0 bridgehead atoms. The molecule has 2 aromatic carbocycles. The molecule has 1 saturated heterocycles. The third-order valence-corrected chi connectivity index (χ3v) is 6.99. The van der Waals surface area contributed by atoms with E-state index in [0.29, 0.717) is 56.0 Å². The molecule has 1 fully saturated rings. The Bertz CT molecular complexity index is 1400. The number of aromatic nitrogens is 1. The molecule has 3 heterocycles. The number of benzene rings is 2. The van der Waals surface area contributed by atoms with Crippen molar-refractivity contribution in [1.82, 2.24) is 15.2 Å². The van der Waals surface area contributed by atoms with E-state index in [1.807, 2.05) is 35.2 Å². The van der Waals surface area contributed by atoms with Crippen LogP contribution in [-0.2, 0) is 16.1 Å². The molecule has 2 aliphatic heterocycles. The predicted octanol–water partition coefficient (Wildman–Crippen LogP) is 4.38. The van der Waals surface area contributed by atoms with E-state index >= 15 is 0 Å². The number of hydrogen-bond acceptors (Lipinski definition) is 8. The minimum absolute atomic E-state index is 0.175. The Labute approximate surface area is 233 Å². The smallest absolute Gasteiger partial charge is 0.330 e. The van der Waals surface area contributed by atoms with Crippen LogP contribution in [0.1, 0.15) is 30.9 Å². The lowest BCUT2D eigenvalue weighted by atomic mass is 10.0. The van der Waals surface area contributed by atoms with Gasteiger partial charge in [0.05, 0.1) is 24.9 Å². The number of anilines is 1. The predicted molar refractivity (Wildman–Crippen MR) is 152 cm³/mol. The quantitative estimate of drug-likeness (QED) is 0.316. The summed E-state index contributed by atoms with van der Waals surface area (Å²) in [7, 11) is 1.54. The number of fused-ring (bicyclic) bond motifs is 2. The van der Waals surface area contributed by atoms with Crippen molar-refractivity contribution in [3.05, 3.63) is 59.7 Å². The van der Waals surface area contributed by atoms with Crippen molar-refractivity contribution in [1.29, 1.82) is 0 Å². The number of likely N-dealkylation sites (tertiary alicyclic amines) is 1. The lowest BCUT2D eigenvalue weighted by molar-refractivity contribution is -0.137. The lowest BCUT2D eigenvalue weighted by Gasteiger charge is -2.32. The summed E-state index contributed by atoms with van der Waals surface area (Å²) in [5.41, 5.74) is 3.07. The van der Waals surface area contributed by atoms with Crippen molar-refractivity contribution in [2.75, 3.05) is 45.3 Å². The van der Waals surface area contributed by atoms with Gasteiger partial charge in [-0.25, -0.2) is 14.6 Å². The number of carbonyl (C=O) groups is 2. The number of urea groups is 1. The fraction of sp³-hybridized carbons (Fsp3) is 0.367. The van der Waals surface area contributed by atoms with Gasteiger partial charge in [0.25, 0.3) is 0 Å². The molecule has 2 N–H and O–H groups in total. The highest BCUT2D eigenvalue weighted by molar-refractivity contribution is 6.03. The van der Waals surface area contributed by atoms with E-state index in [1.165, 1.54) is 6.08 Å². The Morgan fingerprint density at radius 2 is 1.88 bits per heavy atom. The van der Waals surface area contributed by atoms with Crippen LogP contribution >= 0.6 is 0 Å². The molecule has 0 atom stereocenters. The van der Waals surface area contributed by atoms with E-state index < -0.39 is 5.97 Å². The maximum atomic E-state index is 13.2. The zero-order valence-corrected chi connectivity index (χ0v) is 22.8. The average Bonchev–Trinajstić information content (AvgIpc) is 2.99. The third-order valence-electron chi connectivity index (χ3n) is 6.99. The highest BCUT2D eigenvalue weighted by Gasteiger charge is 2.23. The number of hydrogen-bond donors (Lipinski definition) is 2. The van der Waals surface area contributed by atoms with Gasteiger partial charge in [0.2, 0.25) is 5.88 Å². The van der Waals surface area contributed by atoms with Crippen LogP contribution in [0, 0.1) is 0 Å². The highest BCUT2D eigenvalue weighted by atomic mass is 16.6. The van der Waals surface area contributed by atoms with Crippen LogP contribution in [0.3, 0.4) is 0 Å². The second-order valence-electron chi connectivity index (χ2n) is 9.59. The fourth-order valence-corrected chi connectivity index (χ4v) is 4.87. The second kappa shape index (κ2) is 12.7. The molecule has 2 aliphatic rings. The maximum Gasteiger partial charge on any atom is 0.330 e. The van der Waals surface area contributed by atoms with Gasteiger partial charge in [-0.3, -0.25) is 0 Å². The van der Waals surface area contributed by atoms with Gasteiger partial charge in [0.15, 0.2) is 11.5 Å². The number of methoxy groups -OCH3 is 1. The van der Waals surface area contributed by atoms with Crippen molar-refractivity contribution < 1.29 is 28.5 Å². The zero-order valence-electron chi connectivity index (χ0n) is 22.8. The second-order valence-corrected chi connectivity index (χ2v) is 9.59. The molecule has 40 heavy (non-hydrogen) atoms. The Morgan fingerprint density at radius 3 is 2.65 bits per heavy atom. The molecule has 0 radical (unpaired) electrons. The summed E-state index contributed by atoms with van der Waals surface area (Å²) in [6, 6.07) is 13.4. The summed E-state index contributed by atoms with van der Waals surface area (Å²) < 4.78 is 21.6. The van der Waals surface area contributed by atoms with Crippen LogP contribution in [0.15, 0.2) is 48.5 Å². The Kier molecular flexibility index (Phi) is 8.65. The molecule has 5 rings (SSSR count). The minimum Gasteiger partial charge on any atom is -0.486 e. The molecule has 0 saturated carbocycles. The summed E-state index contributed by atoms with van der Waals surface area (Å²) in [6.07, 6.45) is 4.76. The number of carbonyl (C=O) groups excluding carboxylic acids is 2. The Hall–Kier alpha value is -4.31. The fourth-order valence-electron chi connectivity index (χ4n) is 4.87.